The molecule has 0 saturated heterocycles. The molecule has 0 spiro atoms. The SMILES string of the molecule is CCCCc1ccc(-c2ccc(OC(=O)OC3CCC(CCC)CC3)cc2)c(F)c1. The Kier molecular flexibility index (Phi) is 8.30. The van der Waals surface area contributed by atoms with Crippen LogP contribution >= 0.6 is 0 Å². The molecule has 0 amide bonds. The minimum atomic E-state index is -0.659. The van der Waals surface area contributed by atoms with Crippen molar-refractivity contribution in [3.05, 3.63) is 53.8 Å². The summed E-state index contributed by atoms with van der Waals surface area (Å²) >= 11 is 0. The average molecular weight is 413 g/mol. The summed E-state index contributed by atoms with van der Waals surface area (Å²) in [5.74, 6) is 0.943. The van der Waals surface area contributed by atoms with Crippen LogP contribution in [0.3, 0.4) is 0 Å². The van der Waals surface area contributed by atoms with Crippen molar-refractivity contribution in [1.82, 2.24) is 0 Å². The number of carbonyl (C=O) groups is 1. The Morgan fingerprint density at radius 2 is 1.73 bits per heavy atom. The standard InChI is InChI=1S/C26H33FO3/c1-3-5-7-20-10-17-24(25(27)18-20)21-11-15-23(16-12-21)30-26(28)29-22-13-8-19(6-4-2)9-14-22/h10-12,15-19,22H,3-9,13-14H2,1-2H3. The number of halogens is 1. The van der Waals surface area contributed by atoms with Crippen LogP contribution in [0.4, 0.5) is 9.18 Å². The van der Waals surface area contributed by atoms with Gasteiger partial charge in [-0.15, -0.1) is 0 Å². The molecule has 1 aliphatic carbocycles. The molecular weight excluding hydrogens is 379 g/mol. The molecule has 4 heteroatoms. The van der Waals surface area contributed by atoms with Gasteiger partial charge in [0.1, 0.15) is 17.7 Å². The van der Waals surface area contributed by atoms with E-state index in [-0.39, 0.29) is 11.9 Å². The highest BCUT2D eigenvalue weighted by Gasteiger charge is 2.24. The van der Waals surface area contributed by atoms with Crippen molar-refractivity contribution in [3.8, 4) is 16.9 Å². The smallest absolute Gasteiger partial charge is 0.431 e. The van der Waals surface area contributed by atoms with Gasteiger partial charge >= 0.3 is 6.16 Å². The van der Waals surface area contributed by atoms with E-state index >= 15 is 0 Å². The highest BCUT2D eigenvalue weighted by molar-refractivity contribution is 5.67. The molecule has 0 atom stereocenters. The second kappa shape index (κ2) is 11.1. The highest BCUT2D eigenvalue weighted by atomic mass is 19.1. The van der Waals surface area contributed by atoms with Gasteiger partial charge in [-0.1, -0.05) is 57.4 Å². The van der Waals surface area contributed by atoms with Crippen LogP contribution < -0.4 is 4.74 Å². The largest absolute Gasteiger partial charge is 0.514 e. The van der Waals surface area contributed by atoms with Gasteiger partial charge in [0.25, 0.3) is 0 Å². The monoisotopic (exact) mass is 412 g/mol. The first-order valence-corrected chi connectivity index (χ1v) is 11.4. The maximum atomic E-state index is 14.5. The molecule has 0 radical (unpaired) electrons. The predicted molar refractivity (Wildman–Crippen MR) is 118 cm³/mol. The number of hydrogen-bond acceptors (Lipinski definition) is 3. The van der Waals surface area contributed by atoms with Crippen molar-refractivity contribution in [3.63, 3.8) is 0 Å². The number of aryl methyl sites for hydroxylation is 1. The van der Waals surface area contributed by atoms with Crippen LogP contribution in [0.25, 0.3) is 11.1 Å². The van der Waals surface area contributed by atoms with Gasteiger partial charge < -0.3 is 9.47 Å². The van der Waals surface area contributed by atoms with Crippen LogP contribution in [0, 0.1) is 11.7 Å². The zero-order valence-corrected chi connectivity index (χ0v) is 18.2. The minimum Gasteiger partial charge on any atom is -0.431 e. The minimum absolute atomic E-state index is 0.0507. The fourth-order valence-electron chi connectivity index (χ4n) is 4.23. The van der Waals surface area contributed by atoms with Gasteiger partial charge in [0.2, 0.25) is 0 Å². The summed E-state index contributed by atoms with van der Waals surface area (Å²) < 4.78 is 25.3. The van der Waals surface area contributed by atoms with E-state index < -0.39 is 6.16 Å². The van der Waals surface area contributed by atoms with Crippen molar-refractivity contribution >= 4 is 6.16 Å². The van der Waals surface area contributed by atoms with Gasteiger partial charge in [-0.25, -0.2) is 9.18 Å². The van der Waals surface area contributed by atoms with Gasteiger partial charge in [-0.3, -0.25) is 0 Å². The fraction of sp³-hybridized carbons (Fsp3) is 0.500. The Hall–Kier alpha value is -2.36. The van der Waals surface area contributed by atoms with Crippen LogP contribution in [0.1, 0.15) is 70.8 Å². The third kappa shape index (κ3) is 6.32. The molecule has 0 N–H and O–H groups in total. The summed E-state index contributed by atoms with van der Waals surface area (Å²) in [6.07, 6.45) is 8.84. The molecule has 0 aliphatic heterocycles. The van der Waals surface area contributed by atoms with Crippen molar-refractivity contribution in [1.29, 1.82) is 0 Å². The van der Waals surface area contributed by atoms with Gasteiger partial charge in [0, 0.05) is 5.56 Å². The van der Waals surface area contributed by atoms with Crippen molar-refractivity contribution in [2.45, 2.75) is 77.7 Å². The normalized spacial score (nSPS) is 18.8. The molecule has 0 heterocycles. The molecule has 30 heavy (non-hydrogen) atoms. The van der Waals surface area contributed by atoms with Gasteiger partial charge in [0.05, 0.1) is 0 Å². The molecule has 0 aromatic heterocycles. The van der Waals surface area contributed by atoms with Crippen molar-refractivity contribution < 1.29 is 18.7 Å². The van der Waals surface area contributed by atoms with Gasteiger partial charge in [-0.05, 0) is 73.8 Å². The third-order valence-electron chi connectivity index (χ3n) is 5.97. The summed E-state index contributed by atoms with van der Waals surface area (Å²) in [5, 5.41) is 0. The van der Waals surface area contributed by atoms with E-state index in [0.717, 1.165) is 62.0 Å². The lowest BCUT2D eigenvalue weighted by Crippen LogP contribution is -2.26. The number of unbranched alkanes of at least 4 members (excludes halogenated alkanes) is 1. The van der Waals surface area contributed by atoms with E-state index in [4.69, 9.17) is 9.47 Å². The van der Waals surface area contributed by atoms with Crippen LogP contribution in [0.15, 0.2) is 42.5 Å². The second-order valence-electron chi connectivity index (χ2n) is 8.34. The van der Waals surface area contributed by atoms with Crippen LogP contribution in [-0.4, -0.2) is 12.3 Å². The van der Waals surface area contributed by atoms with E-state index in [9.17, 15) is 9.18 Å². The summed E-state index contributed by atoms with van der Waals surface area (Å²) in [4.78, 5) is 12.1. The summed E-state index contributed by atoms with van der Waals surface area (Å²) in [6.45, 7) is 4.34. The molecular formula is C26H33FO3. The number of hydrogen-bond donors (Lipinski definition) is 0. The maximum Gasteiger partial charge on any atom is 0.514 e. The molecule has 3 nitrogen and oxygen atoms in total. The highest BCUT2D eigenvalue weighted by Crippen LogP contribution is 2.30. The van der Waals surface area contributed by atoms with Crippen LogP contribution in [0.2, 0.25) is 0 Å². The molecule has 3 rings (SSSR count). The van der Waals surface area contributed by atoms with Crippen LogP contribution in [-0.2, 0) is 11.2 Å². The molecule has 162 valence electrons. The number of rotatable bonds is 8. The predicted octanol–water partition coefficient (Wildman–Crippen LogP) is 7.71. The first-order valence-electron chi connectivity index (χ1n) is 11.4. The lowest BCUT2D eigenvalue weighted by molar-refractivity contribution is 0.0330. The maximum absolute atomic E-state index is 14.5. The Labute approximate surface area is 179 Å². The number of carbonyl (C=O) groups excluding carboxylic acids is 1. The van der Waals surface area contributed by atoms with Crippen molar-refractivity contribution in [2.75, 3.05) is 0 Å². The fourth-order valence-corrected chi connectivity index (χ4v) is 4.23. The Morgan fingerprint density at radius 1 is 1.00 bits per heavy atom. The molecule has 0 bridgehead atoms. The Morgan fingerprint density at radius 3 is 2.37 bits per heavy atom. The zero-order valence-electron chi connectivity index (χ0n) is 18.2. The van der Waals surface area contributed by atoms with Gasteiger partial charge in [0.15, 0.2) is 0 Å². The molecule has 0 unspecified atom stereocenters. The number of benzene rings is 2. The second-order valence-corrected chi connectivity index (χ2v) is 8.34. The van der Waals surface area contributed by atoms with E-state index in [1.165, 1.54) is 12.8 Å². The topological polar surface area (TPSA) is 35.5 Å². The lowest BCUT2D eigenvalue weighted by Gasteiger charge is -2.27. The third-order valence-corrected chi connectivity index (χ3v) is 5.97. The first-order chi connectivity index (χ1) is 14.6. The molecule has 1 fully saturated rings. The molecule has 1 saturated carbocycles. The zero-order chi connectivity index (χ0) is 21.3. The molecule has 1 aliphatic rings. The van der Waals surface area contributed by atoms with Crippen LogP contribution in [0.5, 0.6) is 5.75 Å². The van der Waals surface area contributed by atoms with E-state index in [1.54, 1.807) is 30.3 Å². The summed E-state index contributed by atoms with van der Waals surface area (Å²) in [6, 6.07) is 12.3. The summed E-state index contributed by atoms with van der Waals surface area (Å²) in [5.41, 5.74) is 2.32. The average Bonchev–Trinajstić information content (AvgIpc) is 2.74. The van der Waals surface area contributed by atoms with E-state index in [0.29, 0.717) is 11.3 Å². The quantitative estimate of drug-likeness (QED) is 0.329. The first kappa shape index (κ1) is 22.3. The van der Waals surface area contributed by atoms with Crippen molar-refractivity contribution in [2.24, 2.45) is 5.92 Å². The Bertz CT molecular complexity index is 808. The molecule has 2 aromatic rings. The van der Waals surface area contributed by atoms with E-state index in [1.807, 2.05) is 12.1 Å². The van der Waals surface area contributed by atoms with E-state index in [2.05, 4.69) is 13.8 Å². The molecule has 2 aromatic carbocycles. The Balaban J connectivity index is 1.53. The lowest BCUT2D eigenvalue weighted by atomic mass is 9.85. The summed E-state index contributed by atoms with van der Waals surface area (Å²) in [7, 11) is 0. The number of ether oxygens (including phenoxy) is 2. The van der Waals surface area contributed by atoms with Gasteiger partial charge in [-0.2, -0.15) is 0 Å².